The smallest absolute Gasteiger partial charge is 0.223 e. The zero-order chi connectivity index (χ0) is 26.8. The summed E-state index contributed by atoms with van der Waals surface area (Å²) in [5.74, 6) is 0.590. The molecule has 4 aromatic rings. The molecule has 6 nitrogen and oxygen atoms in total. The number of hydrogen-bond acceptors (Lipinski definition) is 5. The van der Waals surface area contributed by atoms with Gasteiger partial charge in [0.2, 0.25) is 5.95 Å². The van der Waals surface area contributed by atoms with Crippen LogP contribution in [-0.4, -0.2) is 26.3 Å². The fourth-order valence-electron chi connectivity index (χ4n) is 4.99. The predicted molar refractivity (Wildman–Crippen MR) is 154 cm³/mol. The van der Waals surface area contributed by atoms with E-state index in [1.165, 1.54) is 6.07 Å². The molecular weight excluding hydrogens is 521 g/mol. The number of nitrogens with two attached hydrogens (primary N) is 1. The number of halogens is 2. The molecule has 1 aromatic heterocycles. The minimum atomic E-state index is -1.69. The molecule has 1 aliphatic carbocycles. The maximum atomic E-state index is 15.1. The lowest BCUT2D eigenvalue weighted by atomic mass is 9.83. The zero-order valence-corrected chi connectivity index (χ0v) is 23.0. The van der Waals surface area contributed by atoms with Gasteiger partial charge in [-0.25, -0.2) is 18.6 Å². The highest BCUT2D eigenvalue weighted by Crippen LogP contribution is 2.31. The number of hydrogen-bond donors (Lipinski definition) is 3. The Labute approximate surface area is 229 Å². The van der Waals surface area contributed by atoms with Gasteiger partial charge >= 0.3 is 0 Å². The second-order valence-electron chi connectivity index (χ2n) is 9.91. The molecule has 3 aromatic carbocycles. The summed E-state index contributed by atoms with van der Waals surface area (Å²) in [6.07, 6.45) is 5.61. The third-order valence-electron chi connectivity index (χ3n) is 7.25. The summed E-state index contributed by atoms with van der Waals surface area (Å²) in [5, 5.41) is 4.75. The first-order chi connectivity index (χ1) is 18.3. The number of benzene rings is 3. The van der Waals surface area contributed by atoms with Crippen molar-refractivity contribution < 1.29 is 8.60 Å². The van der Waals surface area contributed by atoms with Gasteiger partial charge in [-0.1, -0.05) is 43.6 Å². The van der Waals surface area contributed by atoms with E-state index < -0.39 is 16.8 Å². The predicted octanol–water partition coefficient (Wildman–Crippen LogP) is 6.71. The number of fused-ring (bicyclic) bond motifs is 1. The molecule has 0 bridgehead atoms. The average Bonchev–Trinajstić information content (AvgIpc) is 2.91. The lowest BCUT2D eigenvalue weighted by Gasteiger charge is -2.32. The quantitative estimate of drug-likeness (QED) is 0.237. The Morgan fingerprint density at radius 3 is 2.68 bits per heavy atom. The summed E-state index contributed by atoms with van der Waals surface area (Å²) < 4.78 is 30.5. The summed E-state index contributed by atoms with van der Waals surface area (Å²) in [7, 11) is -1.69. The van der Waals surface area contributed by atoms with E-state index >= 15 is 4.39 Å². The number of aryl methyl sites for hydroxylation is 1. The Morgan fingerprint density at radius 1 is 1.13 bits per heavy atom. The van der Waals surface area contributed by atoms with Crippen LogP contribution in [0.1, 0.15) is 38.7 Å². The van der Waals surface area contributed by atoms with Crippen molar-refractivity contribution in [1.82, 2.24) is 9.97 Å². The molecule has 0 saturated heterocycles. The summed E-state index contributed by atoms with van der Waals surface area (Å²) in [6.45, 7) is 4.27. The van der Waals surface area contributed by atoms with Crippen LogP contribution >= 0.6 is 11.6 Å². The third kappa shape index (κ3) is 5.67. The summed E-state index contributed by atoms with van der Waals surface area (Å²) in [4.78, 5) is 9.81. The molecule has 0 spiro atoms. The van der Waals surface area contributed by atoms with Crippen molar-refractivity contribution in [2.24, 2.45) is 11.7 Å². The largest absolute Gasteiger partial charge is 0.351 e. The zero-order valence-electron chi connectivity index (χ0n) is 21.4. The van der Waals surface area contributed by atoms with Crippen molar-refractivity contribution in [1.29, 1.82) is 0 Å². The molecule has 0 amide bonds. The number of aromatic nitrogens is 2. The second kappa shape index (κ2) is 11.4. The van der Waals surface area contributed by atoms with Crippen LogP contribution in [0.4, 0.5) is 16.0 Å². The number of nitrogens with one attached hydrogen (secondary N) is 2. The highest BCUT2D eigenvalue weighted by Gasteiger charge is 2.25. The van der Waals surface area contributed by atoms with E-state index in [1.54, 1.807) is 30.3 Å². The van der Waals surface area contributed by atoms with Crippen LogP contribution in [0.3, 0.4) is 0 Å². The molecule has 2 unspecified atom stereocenters. The van der Waals surface area contributed by atoms with Crippen LogP contribution in [-0.2, 0) is 17.4 Å². The van der Waals surface area contributed by atoms with Crippen LogP contribution in [0.2, 0.25) is 5.02 Å². The van der Waals surface area contributed by atoms with Gasteiger partial charge in [-0.15, -0.1) is 0 Å². The Bertz CT molecular complexity index is 1500. The van der Waals surface area contributed by atoms with E-state index in [9.17, 15) is 4.21 Å². The van der Waals surface area contributed by atoms with Crippen LogP contribution in [0.5, 0.6) is 0 Å². The molecule has 4 N–H and O–H groups in total. The van der Waals surface area contributed by atoms with Crippen LogP contribution in [0.15, 0.2) is 65.7 Å². The monoisotopic (exact) mass is 551 g/mol. The lowest BCUT2D eigenvalue weighted by molar-refractivity contribution is 0.310. The second-order valence-corrected chi connectivity index (χ2v) is 11.5. The van der Waals surface area contributed by atoms with E-state index in [-0.39, 0.29) is 11.7 Å². The molecule has 38 heavy (non-hydrogen) atoms. The van der Waals surface area contributed by atoms with E-state index in [4.69, 9.17) is 22.3 Å². The number of rotatable bonds is 7. The number of anilines is 2. The van der Waals surface area contributed by atoms with Crippen molar-refractivity contribution in [2.75, 3.05) is 10.0 Å². The van der Waals surface area contributed by atoms with Crippen molar-refractivity contribution in [3.63, 3.8) is 0 Å². The summed E-state index contributed by atoms with van der Waals surface area (Å²) in [6, 6.07) is 16.2. The highest BCUT2D eigenvalue weighted by molar-refractivity contribution is 7.86. The Kier molecular flexibility index (Phi) is 7.93. The summed E-state index contributed by atoms with van der Waals surface area (Å²) in [5.41, 5.74) is 9.84. The van der Waals surface area contributed by atoms with Gasteiger partial charge in [0.1, 0.15) is 5.82 Å². The minimum Gasteiger partial charge on any atom is -0.351 e. The van der Waals surface area contributed by atoms with Gasteiger partial charge in [0.15, 0.2) is 11.0 Å². The Hall–Kier alpha value is -3.07. The molecule has 4 atom stereocenters. The first-order valence-electron chi connectivity index (χ1n) is 12.9. The van der Waals surface area contributed by atoms with Crippen molar-refractivity contribution in [3.8, 4) is 11.1 Å². The van der Waals surface area contributed by atoms with Gasteiger partial charge in [-0.05, 0) is 84.7 Å². The van der Waals surface area contributed by atoms with Gasteiger partial charge in [-0.2, -0.15) is 0 Å². The lowest BCUT2D eigenvalue weighted by Crippen LogP contribution is -2.39. The van der Waals surface area contributed by atoms with Crippen LogP contribution in [0.25, 0.3) is 22.0 Å². The van der Waals surface area contributed by atoms with Gasteiger partial charge in [-0.3, -0.25) is 4.72 Å². The van der Waals surface area contributed by atoms with Crippen LogP contribution in [0, 0.1) is 11.7 Å². The maximum absolute atomic E-state index is 15.1. The van der Waals surface area contributed by atoms with Gasteiger partial charge in [0, 0.05) is 23.7 Å². The topological polar surface area (TPSA) is 92.9 Å². The Morgan fingerprint density at radius 2 is 1.95 bits per heavy atom. The number of nitrogens with zero attached hydrogens (tertiary/aromatic N) is 2. The van der Waals surface area contributed by atoms with E-state index in [2.05, 4.69) is 28.9 Å². The molecule has 1 fully saturated rings. The molecular formula is C29H31ClFN5OS. The molecule has 0 radical (unpaired) electrons. The van der Waals surface area contributed by atoms with Crippen molar-refractivity contribution in [2.45, 2.75) is 56.5 Å². The van der Waals surface area contributed by atoms with Gasteiger partial charge < -0.3 is 11.1 Å². The third-order valence-corrected chi connectivity index (χ3v) is 8.86. The van der Waals surface area contributed by atoms with Crippen LogP contribution < -0.4 is 15.8 Å². The first kappa shape index (κ1) is 26.5. The SMILES string of the molecule is CCc1cc(-c2ccc(NS(=O)c3ccccc3Cl)c(F)c2)cc2cnc(NC3CC[C@H](N)[C@H](C)C3)nc12. The molecule has 1 aliphatic rings. The van der Waals surface area contributed by atoms with Crippen molar-refractivity contribution in [3.05, 3.63) is 77.2 Å². The summed E-state index contributed by atoms with van der Waals surface area (Å²) >= 11 is 6.13. The molecule has 1 heterocycles. The first-order valence-corrected chi connectivity index (χ1v) is 14.4. The Balaban J connectivity index is 1.38. The highest BCUT2D eigenvalue weighted by atomic mass is 35.5. The molecule has 5 rings (SSSR count). The maximum Gasteiger partial charge on any atom is 0.223 e. The fourth-order valence-corrected chi connectivity index (χ4v) is 6.25. The molecule has 0 aliphatic heterocycles. The van der Waals surface area contributed by atoms with Crippen molar-refractivity contribution >= 4 is 45.1 Å². The van der Waals surface area contributed by atoms with E-state index in [0.29, 0.717) is 33.4 Å². The van der Waals surface area contributed by atoms with Gasteiger partial charge in [0.25, 0.3) is 0 Å². The molecule has 198 valence electrons. The van der Waals surface area contributed by atoms with E-state index in [0.717, 1.165) is 47.7 Å². The van der Waals surface area contributed by atoms with E-state index in [1.807, 2.05) is 24.4 Å². The fraction of sp³-hybridized carbons (Fsp3) is 0.310. The molecule has 1 saturated carbocycles. The average molecular weight is 552 g/mol. The minimum absolute atomic E-state index is 0.139. The normalized spacial score (nSPS) is 20.3. The molecule has 9 heteroatoms. The standard InChI is InChI=1S/C29H31ClFN5OS/c1-3-18-13-20(14-21-16-33-29(35-28(18)21)34-22-9-10-25(32)17(2)12-22)19-8-11-26(24(31)15-19)36-38(37)27-7-5-4-6-23(27)30/h4-8,11,13-17,22,25,36H,3,9-10,12,32H2,1-2H3,(H,33,34,35)/t17-,22?,25+,38?/m1/s1. The van der Waals surface area contributed by atoms with Gasteiger partial charge in [0.05, 0.1) is 21.1 Å².